The fourth-order valence-corrected chi connectivity index (χ4v) is 2.58. The van der Waals surface area contributed by atoms with Crippen molar-refractivity contribution >= 4 is 23.7 Å². The van der Waals surface area contributed by atoms with Crippen LogP contribution in [0.4, 0.5) is 10.5 Å². The Morgan fingerprint density at radius 2 is 1.71 bits per heavy atom. The number of hydrogen-bond acceptors (Lipinski definition) is 4. The number of carbonyl (C=O) groups is 2. The number of rotatable bonds is 10. The van der Waals surface area contributed by atoms with Crippen molar-refractivity contribution in [1.29, 1.82) is 0 Å². The topological polar surface area (TPSA) is 82.7 Å². The molecule has 3 N–H and O–H groups in total. The first-order valence-corrected chi connectivity index (χ1v) is 10.3. The zero-order valence-electron chi connectivity index (χ0n) is 18.6. The van der Waals surface area contributed by atoms with Gasteiger partial charge >= 0.3 is 6.03 Å². The average molecular weight is 425 g/mol. The molecule has 0 fully saturated rings. The molecular weight excluding hydrogens is 392 g/mol. The Labute approximate surface area is 184 Å². The summed E-state index contributed by atoms with van der Waals surface area (Å²) in [7, 11) is 4.01. The lowest BCUT2D eigenvalue weighted by Crippen LogP contribution is -2.34. The van der Waals surface area contributed by atoms with E-state index in [4.69, 9.17) is 4.74 Å². The molecule has 0 saturated heterocycles. The van der Waals surface area contributed by atoms with Crippen LogP contribution in [0.5, 0.6) is 5.75 Å². The van der Waals surface area contributed by atoms with Gasteiger partial charge < -0.3 is 25.6 Å². The number of carbonyl (C=O) groups excluding carboxylic acids is 2. The number of anilines is 1. The Morgan fingerprint density at radius 1 is 1.03 bits per heavy atom. The van der Waals surface area contributed by atoms with Gasteiger partial charge in [-0.15, -0.1) is 0 Å². The third-order valence-corrected chi connectivity index (χ3v) is 4.21. The van der Waals surface area contributed by atoms with Crippen molar-refractivity contribution < 1.29 is 14.3 Å². The Hall–Kier alpha value is -3.32. The zero-order chi connectivity index (χ0) is 22.6. The molecule has 3 amide bonds. The first-order chi connectivity index (χ1) is 14.8. The zero-order valence-corrected chi connectivity index (χ0v) is 18.6. The van der Waals surface area contributed by atoms with Crippen LogP contribution in [0, 0.1) is 0 Å². The van der Waals surface area contributed by atoms with Crippen molar-refractivity contribution in [3.63, 3.8) is 0 Å². The molecule has 0 heterocycles. The SMILES string of the molecule is CC(C)NC(=O)Nc1ccc(CNC(=O)/C=C/c2ccc(OCCN(C)C)cc2)cc1. The lowest BCUT2D eigenvalue weighted by atomic mass is 10.2. The molecule has 7 heteroatoms. The van der Waals surface area contributed by atoms with Crippen LogP contribution in [0.2, 0.25) is 0 Å². The number of hydrogen-bond donors (Lipinski definition) is 3. The van der Waals surface area contributed by atoms with E-state index in [9.17, 15) is 9.59 Å². The van der Waals surface area contributed by atoms with Crippen molar-refractivity contribution in [3.8, 4) is 5.75 Å². The van der Waals surface area contributed by atoms with E-state index in [2.05, 4.69) is 20.9 Å². The van der Waals surface area contributed by atoms with Crippen LogP contribution in [-0.2, 0) is 11.3 Å². The van der Waals surface area contributed by atoms with Gasteiger partial charge in [0.15, 0.2) is 0 Å². The van der Waals surface area contributed by atoms with Crippen molar-refractivity contribution in [3.05, 3.63) is 65.7 Å². The van der Waals surface area contributed by atoms with Crippen LogP contribution in [0.3, 0.4) is 0 Å². The van der Waals surface area contributed by atoms with Crippen LogP contribution in [0.25, 0.3) is 6.08 Å². The summed E-state index contributed by atoms with van der Waals surface area (Å²) < 4.78 is 5.66. The van der Waals surface area contributed by atoms with Gasteiger partial charge in [-0.2, -0.15) is 0 Å². The Morgan fingerprint density at radius 3 is 2.32 bits per heavy atom. The molecule has 2 aromatic carbocycles. The summed E-state index contributed by atoms with van der Waals surface area (Å²) in [6, 6.07) is 14.8. The first-order valence-electron chi connectivity index (χ1n) is 10.3. The predicted molar refractivity (Wildman–Crippen MR) is 125 cm³/mol. The highest BCUT2D eigenvalue weighted by atomic mass is 16.5. The van der Waals surface area contributed by atoms with Crippen molar-refractivity contribution in [2.75, 3.05) is 32.6 Å². The molecule has 7 nitrogen and oxygen atoms in total. The number of nitrogens with one attached hydrogen (secondary N) is 3. The predicted octanol–water partition coefficient (Wildman–Crippen LogP) is 3.49. The van der Waals surface area contributed by atoms with E-state index in [-0.39, 0.29) is 18.0 Å². The number of ether oxygens (including phenoxy) is 1. The minimum atomic E-state index is -0.241. The standard InChI is InChI=1S/C24H32N4O3/c1-18(2)26-24(30)27-21-10-5-20(6-11-21)17-25-23(29)14-9-19-7-12-22(13-8-19)31-16-15-28(3)4/h5-14,18H,15-17H2,1-4H3,(H,25,29)(H2,26,27,30)/b14-9+. The second-order valence-electron chi connectivity index (χ2n) is 7.72. The highest BCUT2D eigenvalue weighted by Crippen LogP contribution is 2.13. The summed E-state index contributed by atoms with van der Waals surface area (Å²) in [5.74, 6) is 0.632. The largest absolute Gasteiger partial charge is 0.492 e. The highest BCUT2D eigenvalue weighted by molar-refractivity contribution is 5.91. The van der Waals surface area contributed by atoms with Crippen LogP contribution >= 0.6 is 0 Å². The lowest BCUT2D eigenvalue weighted by molar-refractivity contribution is -0.116. The Bertz CT molecular complexity index is 859. The quantitative estimate of drug-likeness (QED) is 0.510. The van der Waals surface area contributed by atoms with Gasteiger partial charge in [-0.1, -0.05) is 24.3 Å². The van der Waals surface area contributed by atoms with Gasteiger partial charge in [0.2, 0.25) is 5.91 Å². The summed E-state index contributed by atoms with van der Waals surface area (Å²) in [6.07, 6.45) is 3.27. The van der Waals surface area contributed by atoms with Gasteiger partial charge in [-0.25, -0.2) is 4.79 Å². The molecule has 0 spiro atoms. The molecule has 0 aliphatic heterocycles. The second kappa shape index (κ2) is 12.4. The van der Waals surface area contributed by atoms with Crippen LogP contribution in [0.1, 0.15) is 25.0 Å². The van der Waals surface area contributed by atoms with E-state index in [0.29, 0.717) is 18.8 Å². The normalized spacial score (nSPS) is 11.0. The van der Waals surface area contributed by atoms with Crippen molar-refractivity contribution in [1.82, 2.24) is 15.5 Å². The molecule has 0 saturated carbocycles. The van der Waals surface area contributed by atoms with E-state index < -0.39 is 0 Å². The molecule has 0 radical (unpaired) electrons. The molecule has 0 aromatic heterocycles. The summed E-state index contributed by atoms with van der Waals surface area (Å²) in [4.78, 5) is 25.9. The first kappa shape index (κ1) is 24.0. The summed E-state index contributed by atoms with van der Waals surface area (Å²) in [6.45, 7) is 5.69. The summed E-state index contributed by atoms with van der Waals surface area (Å²) in [5, 5.41) is 8.38. The maximum absolute atomic E-state index is 12.1. The van der Waals surface area contributed by atoms with E-state index in [1.54, 1.807) is 18.2 Å². The molecule has 0 aliphatic carbocycles. The summed E-state index contributed by atoms with van der Waals surface area (Å²) >= 11 is 0. The minimum absolute atomic E-state index is 0.0712. The van der Waals surface area contributed by atoms with Gasteiger partial charge in [-0.05, 0) is 69.4 Å². The van der Waals surface area contributed by atoms with Gasteiger partial charge in [0, 0.05) is 30.9 Å². The van der Waals surface area contributed by atoms with Crippen molar-refractivity contribution in [2.24, 2.45) is 0 Å². The number of likely N-dealkylation sites (N-methyl/N-ethyl adjacent to an activating group) is 1. The summed E-state index contributed by atoms with van der Waals surface area (Å²) in [5.41, 5.74) is 2.56. The van der Waals surface area contributed by atoms with Crippen molar-refractivity contribution in [2.45, 2.75) is 26.4 Å². The van der Waals surface area contributed by atoms with Gasteiger partial charge in [0.25, 0.3) is 0 Å². The Balaban J connectivity index is 1.76. The molecule has 0 aliphatic rings. The number of amides is 3. The second-order valence-corrected chi connectivity index (χ2v) is 7.72. The molecule has 31 heavy (non-hydrogen) atoms. The highest BCUT2D eigenvalue weighted by Gasteiger charge is 2.03. The molecule has 166 valence electrons. The third-order valence-electron chi connectivity index (χ3n) is 4.21. The van der Waals surface area contributed by atoms with Gasteiger partial charge in [0.05, 0.1) is 0 Å². The van der Waals surface area contributed by atoms with Gasteiger partial charge in [-0.3, -0.25) is 4.79 Å². The van der Waals surface area contributed by atoms with Crippen LogP contribution in [-0.4, -0.2) is 50.1 Å². The van der Waals surface area contributed by atoms with E-state index in [1.807, 2.05) is 64.3 Å². The smallest absolute Gasteiger partial charge is 0.319 e. The molecule has 2 rings (SSSR count). The van der Waals surface area contributed by atoms with E-state index >= 15 is 0 Å². The maximum Gasteiger partial charge on any atom is 0.319 e. The average Bonchev–Trinajstić information content (AvgIpc) is 2.72. The molecule has 2 aromatic rings. The number of urea groups is 1. The monoisotopic (exact) mass is 424 g/mol. The molecule has 0 atom stereocenters. The van der Waals surface area contributed by atoms with Crippen LogP contribution < -0.4 is 20.7 Å². The molecular formula is C24H32N4O3. The van der Waals surface area contributed by atoms with Crippen LogP contribution in [0.15, 0.2) is 54.6 Å². The fourth-order valence-electron chi connectivity index (χ4n) is 2.58. The van der Waals surface area contributed by atoms with E-state index in [1.165, 1.54) is 6.08 Å². The number of benzene rings is 2. The van der Waals surface area contributed by atoms with Gasteiger partial charge in [0.1, 0.15) is 12.4 Å². The Kier molecular flexibility index (Phi) is 9.58. The fraction of sp³-hybridized carbons (Fsp3) is 0.333. The molecule has 0 unspecified atom stereocenters. The number of nitrogens with zero attached hydrogens (tertiary/aromatic N) is 1. The van der Waals surface area contributed by atoms with E-state index in [0.717, 1.165) is 23.4 Å². The minimum Gasteiger partial charge on any atom is -0.492 e. The molecule has 0 bridgehead atoms. The maximum atomic E-state index is 12.1. The lowest BCUT2D eigenvalue weighted by Gasteiger charge is -2.11. The third kappa shape index (κ3) is 9.82.